The Labute approximate surface area is 167 Å². The highest BCUT2D eigenvalue weighted by Crippen LogP contribution is 2.29. The summed E-state index contributed by atoms with van der Waals surface area (Å²) in [5.74, 6) is -1.06. The van der Waals surface area contributed by atoms with Crippen LogP contribution in [0, 0.1) is 12.3 Å². The molecule has 0 heterocycles. The quantitative estimate of drug-likeness (QED) is 0.199. The zero-order valence-electron chi connectivity index (χ0n) is 15.7. The number of carbonyl (C=O) groups is 2. The Hall–Kier alpha value is -3.97. The number of nitrogens with one attached hydrogen (secondary N) is 3. The van der Waals surface area contributed by atoms with E-state index in [9.17, 15) is 9.59 Å². The smallest absolute Gasteiger partial charge is 0.275 e. The van der Waals surface area contributed by atoms with Gasteiger partial charge in [-0.3, -0.25) is 20.2 Å². The zero-order valence-corrected chi connectivity index (χ0v) is 15.7. The van der Waals surface area contributed by atoms with Crippen LogP contribution in [-0.4, -0.2) is 22.9 Å². The van der Waals surface area contributed by atoms with Crippen LogP contribution in [0.4, 0.5) is 5.69 Å². The minimum Gasteiger partial charge on any atom is -0.384 e. The molecule has 0 aliphatic carbocycles. The molecule has 0 saturated heterocycles. The lowest BCUT2D eigenvalue weighted by molar-refractivity contribution is 0.0707. The predicted molar refractivity (Wildman–Crippen MR) is 111 cm³/mol. The van der Waals surface area contributed by atoms with Crippen molar-refractivity contribution < 1.29 is 14.8 Å². The van der Waals surface area contributed by atoms with E-state index in [4.69, 9.17) is 16.4 Å². The molecule has 0 aliphatic heterocycles. The van der Waals surface area contributed by atoms with Gasteiger partial charge in [-0.15, -0.1) is 0 Å². The molecule has 3 aromatic carbocycles. The van der Waals surface area contributed by atoms with Gasteiger partial charge in [0.2, 0.25) is 0 Å². The molecular weight excluding hydrogens is 368 g/mol. The summed E-state index contributed by atoms with van der Waals surface area (Å²) < 4.78 is 0. The maximum Gasteiger partial charge on any atom is 0.275 e. The fourth-order valence-corrected chi connectivity index (χ4v) is 2.99. The van der Waals surface area contributed by atoms with Crippen LogP contribution in [0.1, 0.15) is 31.8 Å². The predicted octanol–water partition coefficient (Wildman–Crippen LogP) is 3.32. The number of anilines is 1. The molecule has 6 N–H and O–H groups in total. The van der Waals surface area contributed by atoms with Gasteiger partial charge in [0.05, 0.1) is 0 Å². The summed E-state index contributed by atoms with van der Waals surface area (Å²) in [4.78, 5) is 25.0. The van der Waals surface area contributed by atoms with E-state index in [1.807, 2.05) is 13.0 Å². The molecule has 0 radical (unpaired) electrons. The maximum absolute atomic E-state index is 13.0. The fraction of sp³-hybridized carbons (Fsp3) is 0.0455. The third-order valence-electron chi connectivity index (χ3n) is 4.44. The second kappa shape index (κ2) is 8.37. The molecule has 146 valence electrons. The van der Waals surface area contributed by atoms with Crippen molar-refractivity contribution in [3.05, 3.63) is 89.0 Å². The van der Waals surface area contributed by atoms with Gasteiger partial charge < -0.3 is 11.1 Å². The van der Waals surface area contributed by atoms with Crippen molar-refractivity contribution >= 4 is 23.3 Å². The molecule has 0 spiro atoms. The van der Waals surface area contributed by atoms with E-state index in [0.717, 1.165) is 5.56 Å². The molecule has 3 rings (SSSR count). The first-order valence-corrected chi connectivity index (χ1v) is 8.81. The van der Waals surface area contributed by atoms with Crippen molar-refractivity contribution in [1.82, 2.24) is 5.48 Å². The van der Waals surface area contributed by atoms with Crippen LogP contribution in [0.3, 0.4) is 0 Å². The summed E-state index contributed by atoms with van der Waals surface area (Å²) in [6.45, 7) is 1.87. The van der Waals surface area contributed by atoms with Gasteiger partial charge in [0, 0.05) is 22.4 Å². The fourth-order valence-electron chi connectivity index (χ4n) is 2.99. The molecule has 29 heavy (non-hydrogen) atoms. The number of amidine groups is 1. The first-order valence-electron chi connectivity index (χ1n) is 8.81. The number of hydrogen-bond donors (Lipinski definition) is 5. The van der Waals surface area contributed by atoms with Crippen LogP contribution in [0.5, 0.6) is 0 Å². The van der Waals surface area contributed by atoms with E-state index in [2.05, 4.69) is 5.32 Å². The molecule has 7 heteroatoms. The Morgan fingerprint density at radius 1 is 0.897 bits per heavy atom. The highest BCUT2D eigenvalue weighted by Gasteiger charge is 2.18. The lowest BCUT2D eigenvalue weighted by Gasteiger charge is -2.14. The van der Waals surface area contributed by atoms with Gasteiger partial charge in [0.25, 0.3) is 11.8 Å². The monoisotopic (exact) mass is 388 g/mol. The Kier molecular flexibility index (Phi) is 5.71. The first kappa shape index (κ1) is 19.8. The molecule has 0 atom stereocenters. The first-order chi connectivity index (χ1) is 13.9. The minimum atomic E-state index is -0.660. The van der Waals surface area contributed by atoms with E-state index in [0.29, 0.717) is 27.9 Å². The number of benzene rings is 3. The van der Waals surface area contributed by atoms with Gasteiger partial charge in [-0.2, -0.15) is 0 Å². The van der Waals surface area contributed by atoms with E-state index in [1.54, 1.807) is 66.1 Å². The second-order valence-electron chi connectivity index (χ2n) is 6.48. The molecule has 0 unspecified atom stereocenters. The van der Waals surface area contributed by atoms with E-state index in [1.165, 1.54) is 0 Å². The maximum atomic E-state index is 13.0. The SMILES string of the molecule is Cc1ccc(-c2ccccc2C(=O)NO)c(C(=O)Nc2ccc(C(=N)N)cc2)c1. The molecule has 0 fully saturated rings. The molecule has 0 aromatic heterocycles. The molecule has 0 aliphatic rings. The van der Waals surface area contributed by atoms with Crippen LogP contribution in [-0.2, 0) is 0 Å². The van der Waals surface area contributed by atoms with Gasteiger partial charge in [-0.05, 0) is 54.4 Å². The van der Waals surface area contributed by atoms with Crippen LogP contribution in [0.15, 0.2) is 66.7 Å². The Bertz CT molecular complexity index is 1090. The van der Waals surface area contributed by atoms with Crippen molar-refractivity contribution in [2.75, 3.05) is 5.32 Å². The van der Waals surface area contributed by atoms with Gasteiger partial charge in [-0.25, -0.2) is 5.48 Å². The standard InChI is InChI=1S/C22H20N4O3/c1-13-6-11-17(16-4-2-3-5-18(16)22(28)26-29)19(12-13)21(27)25-15-9-7-14(8-10-15)20(23)24/h2-12,29H,1H3,(H3,23,24)(H,25,27)(H,26,28). The number of hydrogen-bond acceptors (Lipinski definition) is 4. The van der Waals surface area contributed by atoms with Crippen molar-refractivity contribution in [1.29, 1.82) is 5.41 Å². The summed E-state index contributed by atoms with van der Waals surface area (Å²) in [5.41, 5.74) is 10.8. The molecule has 0 bridgehead atoms. The summed E-state index contributed by atoms with van der Waals surface area (Å²) in [5, 5.41) is 19.3. The number of nitrogens with two attached hydrogens (primary N) is 1. The Morgan fingerprint density at radius 2 is 1.55 bits per heavy atom. The largest absolute Gasteiger partial charge is 0.384 e. The molecule has 2 amide bonds. The van der Waals surface area contributed by atoms with E-state index < -0.39 is 5.91 Å². The van der Waals surface area contributed by atoms with Gasteiger partial charge in [0.1, 0.15) is 5.84 Å². The number of nitrogen functional groups attached to an aromatic ring is 1. The number of hydroxylamine groups is 1. The van der Waals surface area contributed by atoms with Crippen LogP contribution >= 0.6 is 0 Å². The van der Waals surface area contributed by atoms with Crippen molar-refractivity contribution in [3.8, 4) is 11.1 Å². The molecule has 7 nitrogen and oxygen atoms in total. The highest BCUT2D eigenvalue weighted by atomic mass is 16.5. The van der Waals surface area contributed by atoms with Crippen LogP contribution < -0.4 is 16.5 Å². The normalized spacial score (nSPS) is 10.3. The lowest BCUT2D eigenvalue weighted by atomic mass is 9.93. The topological polar surface area (TPSA) is 128 Å². The molecule has 0 saturated carbocycles. The third kappa shape index (κ3) is 4.31. The van der Waals surface area contributed by atoms with Gasteiger partial charge in [0.15, 0.2) is 0 Å². The van der Waals surface area contributed by atoms with Crippen LogP contribution in [0.2, 0.25) is 0 Å². The van der Waals surface area contributed by atoms with Crippen molar-refractivity contribution in [2.24, 2.45) is 5.73 Å². The lowest BCUT2D eigenvalue weighted by Crippen LogP contribution is -2.20. The average molecular weight is 388 g/mol. The highest BCUT2D eigenvalue weighted by molar-refractivity contribution is 6.11. The third-order valence-corrected chi connectivity index (χ3v) is 4.44. The summed E-state index contributed by atoms with van der Waals surface area (Å²) >= 11 is 0. The number of rotatable bonds is 5. The van der Waals surface area contributed by atoms with Crippen LogP contribution in [0.25, 0.3) is 11.1 Å². The summed E-state index contributed by atoms with van der Waals surface area (Å²) in [6, 6.07) is 18.7. The van der Waals surface area contributed by atoms with Gasteiger partial charge >= 0.3 is 0 Å². The number of aryl methyl sites for hydroxylation is 1. The second-order valence-corrected chi connectivity index (χ2v) is 6.48. The minimum absolute atomic E-state index is 0.0531. The number of carbonyl (C=O) groups excluding carboxylic acids is 2. The Balaban J connectivity index is 2.01. The number of amides is 2. The van der Waals surface area contributed by atoms with Crippen molar-refractivity contribution in [2.45, 2.75) is 6.92 Å². The summed E-state index contributed by atoms with van der Waals surface area (Å²) in [6.07, 6.45) is 0. The molecule has 3 aromatic rings. The summed E-state index contributed by atoms with van der Waals surface area (Å²) in [7, 11) is 0. The van der Waals surface area contributed by atoms with Gasteiger partial charge in [-0.1, -0.05) is 35.9 Å². The van der Waals surface area contributed by atoms with Crippen molar-refractivity contribution in [3.63, 3.8) is 0 Å². The zero-order chi connectivity index (χ0) is 21.0. The van der Waals surface area contributed by atoms with E-state index >= 15 is 0 Å². The average Bonchev–Trinajstić information content (AvgIpc) is 2.73. The van der Waals surface area contributed by atoms with E-state index in [-0.39, 0.29) is 17.3 Å². The Morgan fingerprint density at radius 3 is 2.21 bits per heavy atom. The molecular formula is C22H20N4O3.